The number of nitrogens with one attached hydrogen (secondary N) is 1. The van der Waals surface area contributed by atoms with Crippen molar-refractivity contribution in [2.75, 3.05) is 6.54 Å². The Balaban J connectivity index is 1.33. The van der Waals surface area contributed by atoms with Gasteiger partial charge in [-0.3, -0.25) is 4.79 Å². The van der Waals surface area contributed by atoms with Crippen molar-refractivity contribution in [3.8, 4) is 11.6 Å². The van der Waals surface area contributed by atoms with E-state index in [1.54, 1.807) is 57.4 Å². The lowest BCUT2D eigenvalue weighted by atomic mass is 9.87. The minimum Gasteiger partial charge on any atom is -0.479 e. The highest BCUT2D eigenvalue weighted by Gasteiger charge is 2.33. The lowest BCUT2D eigenvalue weighted by Gasteiger charge is -2.33. The van der Waals surface area contributed by atoms with Gasteiger partial charge in [-0.1, -0.05) is 0 Å². The monoisotopic (exact) mass is 467 g/mol. The summed E-state index contributed by atoms with van der Waals surface area (Å²) in [5, 5.41) is 20.8. The van der Waals surface area contributed by atoms with E-state index < -0.39 is 11.6 Å². The summed E-state index contributed by atoms with van der Waals surface area (Å²) in [5.41, 5.74) is 0.593. The molecule has 0 spiro atoms. The van der Waals surface area contributed by atoms with Crippen molar-refractivity contribution in [1.29, 1.82) is 0 Å². The summed E-state index contributed by atoms with van der Waals surface area (Å²) in [6, 6.07) is 8.69. The van der Waals surface area contributed by atoms with Crippen LogP contribution in [0.1, 0.15) is 49.9 Å². The summed E-state index contributed by atoms with van der Waals surface area (Å²) in [5.74, 6) is -0.182. The predicted octanol–water partition coefficient (Wildman–Crippen LogP) is 3.32. The Morgan fingerprint density at radius 1 is 1.15 bits per heavy atom. The van der Waals surface area contributed by atoms with Crippen LogP contribution in [0, 0.1) is 5.92 Å². The standard InChI is InChI=1S/C24H29N5O5/c1-24(2,23(31)32)34-16-8-6-15(7-9-16)14-26-21(30)18-5-4-12-25-22(18)33-17-10-11-19-20(13-17)28-29(3)27-19/h4-5,10-13,15-16H,6-9,14H2,1-3H3,(H,26,30)(H,31,32). The number of fused-ring (bicyclic) bond motifs is 1. The van der Waals surface area contributed by atoms with Gasteiger partial charge < -0.3 is 19.9 Å². The first kappa shape index (κ1) is 23.6. The van der Waals surface area contributed by atoms with Gasteiger partial charge in [-0.2, -0.15) is 15.0 Å². The second kappa shape index (κ2) is 9.76. The zero-order valence-corrected chi connectivity index (χ0v) is 19.5. The summed E-state index contributed by atoms with van der Waals surface area (Å²) in [4.78, 5) is 29.9. The molecule has 34 heavy (non-hydrogen) atoms. The number of carboxylic acids is 1. The molecule has 1 amide bonds. The molecule has 0 atom stereocenters. The van der Waals surface area contributed by atoms with Crippen LogP contribution in [0.15, 0.2) is 36.5 Å². The smallest absolute Gasteiger partial charge is 0.335 e. The van der Waals surface area contributed by atoms with Gasteiger partial charge in [-0.25, -0.2) is 9.78 Å². The van der Waals surface area contributed by atoms with Crippen LogP contribution in [0.4, 0.5) is 0 Å². The number of rotatable bonds is 8. The molecule has 3 aromatic rings. The van der Waals surface area contributed by atoms with E-state index in [-0.39, 0.29) is 17.9 Å². The first-order valence-electron chi connectivity index (χ1n) is 11.3. The number of pyridine rings is 1. The Morgan fingerprint density at radius 3 is 2.62 bits per heavy atom. The van der Waals surface area contributed by atoms with Crippen LogP contribution in [0.25, 0.3) is 11.0 Å². The molecule has 0 saturated heterocycles. The first-order valence-corrected chi connectivity index (χ1v) is 11.3. The lowest BCUT2D eigenvalue weighted by molar-refractivity contribution is -0.170. The average Bonchev–Trinajstić information content (AvgIpc) is 3.18. The predicted molar refractivity (Wildman–Crippen MR) is 124 cm³/mol. The maximum Gasteiger partial charge on any atom is 0.335 e. The number of aryl methyl sites for hydroxylation is 1. The maximum atomic E-state index is 12.9. The lowest BCUT2D eigenvalue weighted by Crippen LogP contribution is -2.40. The van der Waals surface area contributed by atoms with Crippen molar-refractivity contribution in [3.63, 3.8) is 0 Å². The van der Waals surface area contributed by atoms with Crippen LogP contribution >= 0.6 is 0 Å². The molecule has 2 aromatic heterocycles. The normalized spacial score (nSPS) is 18.6. The van der Waals surface area contributed by atoms with Crippen molar-refractivity contribution in [1.82, 2.24) is 25.3 Å². The minimum absolute atomic E-state index is 0.0805. The molecule has 1 aliphatic rings. The Hall–Kier alpha value is -3.53. The molecular weight excluding hydrogens is 438 g/mol. The number of benzene rings is 1. The maximum absolute atomic E-state index is 12.9. The minimum atomic E-state index is -1.19. The Morgan fingerprint density at radius 2 is 1.88 bits per heavy atom. The summed E-state index contributed by atoms with van der Waals surface area (Å²) in [7, 11) is 1.75. The van der Waals surface area contributed by atoms with Crippen LogP contribution < -0.4 is 10.1 Å². The first-order chi connectivity index (χ1) is 16.2. The third-order valence-electron chi connectivity index (χ3n) is 6.00. The van der Waals surface area contributed by atoms with Gasteiger partial charge in [0.15, 0.2) is 5.60 Å². The third-order valence-corrected chi connectivity index (χ3v) is 6.00. The van der Waals surface area contributed by atoms with E-state index >= 15 is 0 Å². The molecule has 1 aromatic carbocycles. The van der Waals surface area contributed by atoms with Crippen LogP contribution in [0.5, 0.6) is 11.6 Å². The molecular formula is C24H29N5O5. The third kappa shape index (κ3) is 5.51. The second-order valence-electron chi connectivity index (χ2n) is 9.08. The molecule has 2 N–H and O–H groups in total. The summed E-state index contributed by atoms with van der Waals surface area (Å²) < 4.78 is 11.7. The van der Waals surface area contributed by atoms with Crippen molar-refractivity contribution in [2.45, 2.75) is 51.2 Å². The van der Waals surface area contributed by atoms with Crippen LogP contribution in [0.3, 0.4) is 0 Å². The summed E-state index contributed by atoms with van der Waals surface area (Å²) in [6.07, 6.45) is 4.74. The van der Waals surface area contributed by atoms with Crippen molar-refractivity contribution in [2.24, 2.45) is 13.0 Å². The van der Waals surface area contributed by atoms with Gasteiger partial charge in [-0.05, 0) is 69.7 Å². The average molecular weight is 468 g/mol. The number of hydrogen-bond acceptors (Lipinski definition) is 7. The number of aliphatic carboxylic acids is 1. The van der Waals surface area contributed by atoms with Crippen molar-refractivity contribution >= 4 is 22.9 Å². The number of amides is 1. The molecule has 4 rings (SSSR count). The molecule has 2 heterocycles. The molecule has 0 radical (unpaired) electrons. The number of carbonyl (C=O) groups is 2. The molecule has 0 aliphatic heterocycles. The fourth-order valence-electron chi connectivity index (χ4n) is 4.08. The highest BCUT2D eigenvalue weighted by atomic mass is 16.5. The highest BCUT2D eigenvalue weighted by molar-refractivity contribution is 5.96. The van der Waals surface area contributed by atoms with Gasteiger partial charge in [0.25, 0.3) is 5.91 Å². The fourth-order valence-corrected chi connectivity index (χ4v) is 4.08. The van der Waals surface area contributed by atoms with E-state index in [1.807, 2.05) is 0 Å². The number of ether oxygens (including phenoxy) is 2. The summed E-state index contributed by atoms with van der Waals surface area (Å²) in [6.45, 7) is 3.66. The van der Waals surface area contributed by atoms with E-state index in [9.17, 15) is 14.7 Å². The van der Waals surface area contributed by atoms with Gasteiger partial charge in [0.1, 0.15) is 22.3 Å². The van der Waals surface area contributed by atoms with E-state index in [1.165, 1.54) is 4.80 Å². The van der Waals surface area contributed by atoms with Crippen LogP contribution in [-0.2, 0) is 16.6 Å². The number of aromatic nitrogens is 4. The van der Waals surface area contributed by atoms with Gasteiger partial charge in [0.2, 0.25) is 5.88 Å². The van der Waals surface area contributed by atoms with Gasteiger partial charge in [-0.15, -0.1) is 0 Å². The van der Waals surface area contributed by atoms with Crippen molar-refractivity contribution in [3.05, 3.63) is 42.1 Å². The number of carbonyl (C=O) groups excluding carboxylic acids is 1. The van der Waals surface area contributed by atoms with Gasteiger partial charge in [0, 0.05) is 25.9 Å². The zero-order valence-electron chi connectivity index (χ0n) is 19.5. The van der Waals surface area contributed by atoms with Crippen LogP contribution in [0.2, 0.25) is 0 Å². The second-order valence-corrected chi connectivity index (χ2v) is 9.08. The Kier molecular flexibility index (Phi) is 6.78. The molecule has 1 aliphatic carbocycles. The molecule has 10 nitrogen and oxygen atoms in total. The van der Waals surface area contributed by atoms with Gasteiger partial charge >= 0.3 is 5.97 Å². The fraction of sp³-hybridized carbons (Fsp3) is 0.458. The molecule has 0 bridgehead atoms. The topological polar surface area (TPSA) is 128 Å². The van der Waals surface area contributed by atoms with Crippen LogP contribution in [-0.4, -0.2) is 55.2 Å². The molecule has 1 fully saturated rings. The van der Waals surface area contributed by atoms with Crippen molar-refractivity contribution < 1.29 is 24.2 Å². The Labute approximate surface area is 197 Å². The SMILES string of the molecule is Cn1nc2ccc(Oc3ncccc3C(=O)NCC3CCC(OC(C)(C)C(=O)O)CC3)cc2n1. The Bertz CT molecular complexity index is 1180. The molecule has 180 valence electrons. The largest absolute Gasteiger partial charge is 0.479 e. The zero-order chi connectivity index (χ0) is 24.3. The number of carboxylic acid groups (broad SMARTS) is 1. The highest BCUT2D eigenvalue weighted by Crippen LogP contribution is 2.29. The van der Waals surface area contributed by atoms with E-state index in [0.717, 1.165) is 31.2 Å². The summed E-state index contributed by atoms with van der Waals surface area (Å²) >= 11 is 0. The molecule has 1 saturated carbocycles. The van der Waals surface area contributed by atoms with E-state index in [0.29, 0.717) is 29.3 Å². The number of nitrogens with zero attached hydrogens (tertiary/aromatic N) is 4. The quantitative estimate of drug-likeness (QED) is 0.516. The molecule has 0 unspecified atom stereocenters. The van der Waals surface area contributed by atoms with E-state index in [2.05, 4.69) is 20.5 Å². The van der Waals surface area contributed by atoms with Gasteiger partial charge in [0.05, 0.1) is 6.10 Å². The van der Waals surface area contributed by atoms with E-state index in [4.69, 9.17) is 9.47 Å². The number of hydrogen-bond donors (Lipinski definition) is 2. The molecule has 10 heteroatoms.